The highest BCUT2D eigenvalue weighted by molar-refractivity contribution is 6.17. The van der Waals surface area contributed by atoms with Gasteiger partial charge in [0.05, 0.1) is 23.3 Å². The lowest BCUT2D eigenvalue weighted by molar-refractivity contribution is 0.723. The van der Waals surface area contributed by atoms with Crippen molar-refractivity contribution in [1.29, 1.82) is 0 Å². The van der Waals surface area contributed by atoms with Crippen molar-refractivity contribution in [1.82, 2.24) is 19.7 Å². The van der Waals surface area contributed by atoms with Crippen LogP contribution in [0.4, 0.5) is 0 Å². The fourth-order valence-corrected chi connectivity index (χ4v) is 2.48. The van der Waals surface area contributed by atoms with Gasteiger partial charge in [-0.2, -0.15) is 10.2 Å². The maximum absolute atomic E-state index is 5.89. The lowest BCUT2D eigenvalue weighted by Crippen LogP contribution is -2.07. The van der Waals surface area contributed by atoms with Crippen molar-refractivity contribution in [3.63, 3.8) is 0 Å². The van der Waals surface area contributed by atoms with Crippen LogP contribution in [0.25, 0.3) is 11.0 Å². The van der Waals surface area contributed by atoms with Crippen LogP contribution in [0.1, 0.15) is 17.1 Å². The normalized spacial score (nSPS) is 11.1. The number of aromatic nitrogens is 4. The number of benzene rings is 1. The molecule has 0 atom stereocenters. The fourth-order valence-electron chi connectivity index (χ4n) is 2.31. The molecule has 102 valence electrons. The Morgan fingerprint density at radius 1 is 1.25 bits per heavy atom. The SMILES string of the molecule is Cc1ccc2nc(CCCl)n(Cc3cccnn3)c2c1. The van der Waals surface area contributed by atoms with Crippen LogP contribution in [-0.4, -0.2) is 25.6 Å². The van der Waals surface area contributed by atoms with Gasteiger partial charge in [-0.25, -0.2) is 4.98 Å². The van der Waals surface area contributed by atoms with Crippen molar-refractivity contribution in [2.75, 3.05) is 5.88 Å². The van der Waals surface area contributed by atoms with Crippen molar-refractivity contribution in [3.8, 4) is 0 Å². The summed E-state index contributed by atoms with van der Waals surface area (Å²) in [5.41, 5.74) is 4.26. The van der Waals surface area contributed by atoms with E-state index in [9.17, 15) is 0 Å². The van der Waals surface area contributed by atoms with Crippen LogP contribution >= 0.6 is 11.6 Å². The first-order valence-electron chi connectivity index (χ1n) is 6.56. The molecule has 3 aromatic rings. The molecule has 0 saturated carbocycles. The van der Waals surface area contributed by atoms with E-state index in [0.717, 1.165) is 29.0 Å². The summed E-state index contributed by atoms with van der Waals surface area (Å²) in [4.78, 5) is 4.67. The maximum Gasteiger partial charge on any atom is 0.111 e. The lowest BCUT2D eigenvalue weighted by Gasteiger charge is -2.07. The Hall–Kier alpha value is -1.94. The summed E-state index contributed by atoms with van der Waals surface area (Å²) in [7, 11) is 0. The number of halogens is 1. The molecule has 2 aromatic heterocycles. The van der Waals surface area contributed by atoms with Crippen molar-refractivity contribution in [2.24, 2.45) is 0 Å². The molecule has 20 heavy (non-hydrogen) atoms. The number of aryl methyl sites for hydroxylation is 2. The Bertz CT molecular complexity index is 721. The Labute approximate surface area is 122 Å². The minimum absolute atomic E-state index is 0.558. The van der Waals surface area contributed by atoms with E-state index in [1.807, 2.05) is 12.1 Å². The highest BCUT2D eigenvalue weighted by atomic mass is 35.5. The van der Waals surface area contributed by atoms with E-state index >= 15 is 0 Å². The van der Waals surface area contributed by atoms with Crippen LogP contribution in [0, 0.1) is 6.92 Å². The summed E-state index contributed by atoms with van der Waals surface area (Å²) in [5.74, 6) is 1.55. The molecule has 4 nitrogen and oxygen atoms in total. The summed E-state index contributed by atoms with van der Waals surface area (Å²) < 4.78 is 2.18. The molecular weight excluding hydrogens is 272 g/mol. The molecule has 1 aromatic carbocycles. The molecule has 0 radical (unpaired) electrons. The summed E-state index contributed by atoms with van der Waals surface area (Å²) in [5, 5.41) is 8.08. The minimum atomic E-state index is 0.558. The number of rotatable bonds is 4. The number of imidazole rings is 1. The molecule has 0 spiro atoms. The van der Waals surface area contributed by atoms with Crippen molar-refractivity contribution >= 4 is 22.6 Å². The highest BCUT2D eigenvalue weighted by Crippen LogP contribution is 2.19. The van der Waals surface area contributed by atoms with Gasteiger partial charge in [0.15, 0.2) is 0 Å². The molecule has 0 fully saturated rings. The molecule has 0 saturated heterocycles. The van der Waals surface area contributed by atoms with Gasteiger partial charge in [-0.3, -0.25) is 0 Å². The zero-order chi connectivity index (χ0) is 13.9. The number of alkyl halides is 1. The smallest absolute Gasteiger partial charge is 0.111 e. The van der Waals surface area contributed by atoms with Gasteiger partial charge in [0, 0.05) is 18.5 Å². The summed E-state index contributed by atoms with van der Waals surface area (Å²) in [6.07, 6.45) is 2.43. The van der Waals surface area contributed by atoms with Gasteiger partial charge < -0.3 is 4.57 Å². The van der Waals surface area contributed by atoms with Gasteiger partial charge in [0.2, 0.25) is 0 Å². The third-order valence-corrected chi connectivity index (χ3v) is 3.44. The van der Waals surface area contributed by atoms with Crippen LogP contribution in [0.5, 0.6) is 0 Å². The average molecular weight is 287 g/mol. The first-order valence-corrected chi connectivity index (χ1v) is 7.09. The molecule has 0 amide bonds. The second-order valence-electron chi connectivity index (χ2n) is 4.76. The molecule has 0 aliphatic rings. The molecule has 5 heteroatoms. The number of fused-ring (bicyclic) bond motifs is 1. The second kappa shape index (κ2) is 5.59. The number of hydrogen-bond donors (Lipinski definition) is 0. The van der Waals surface area contributed by atoms with Crippen LogP contribution in [0.3, 0.4) is 0 Å². The predicted octanol–water partition coefficient (Wildman–Crippen LogP) is 2.96. The second-order valence-corrected chi connectivity index (χ2v) is 5.14. The molecule has 0 bridgehead atoms. The average Bonchev–Trinajstić information content (AvgIpc) is 2.78. The largest absolute Gasteiger partial charge is 0.322 e. The molecule has 0 aliphatic carbocycles. The summed E-state index contributed by atoms with van der Waals surface area (Å²) in [6.45, 7) is 2.75. The fraction of sp³-hybridized carbons (Fsp3) is 0.267. The van der Waals surface area contributed by atoms with E-state index in [0.29, 0.717) is 12.4 Å². The molecule has 0 aliphatic heterocycles. The van der Waals surface area contributed by atoms with E-state index in [1.54, 1.807) is 6.20 Å². The monoisotopic (exact) mass is 286 g/mol. The molecular formula is C15H15ClN4. The molecule has 3 rings (SSSR count). The van der Waals surface area contributed by atoms with Gasteiger partial charge in [-0.1, -0.05) is 6.07 Å². The molecule has 2 heterocycles. The first kappa shape index (κ1) is 13.1. The van der Waals surface area contributed by atoms with Crippen LogP contribution in [-0.2, 0) is 13.0 Å². The maximum atomic E-state index is 5.89. The number of nitrogens with zero attached hydrogens (tertiary/aromatic N) is 4. The standard InChI is InChI=1S/C15H15ClN4/c1-11-4-5-13-14(9-11)20(15(18-13)6-7-16)10-12-3-2-8-17-19-12/h2-5,8-9H,6-7,10H2,1H3. The minimum Gasteiger partial charge on any atom is -0.322 e. The highest BCUT2D eigenvalue weighted by Gasteiger charge is 2.11. The first-order chi connectivity index (χ1) is 9.78. The van der Waals surface area contributed by atoms with Crippen LogP contribution < -0.4 is 0 Å². The topological polar surface area (TPSA) is 43.6 Å². The van der Waals surface area contributed by atoms with Crippen molar-refractivity contribution in [3.05, 3.63) is 53.6 Å². The number of hydrogen-bond acceptors (Lipinski definition) is 3. The van der Waals surface area contributed by atoms with Crippen molar-refractivity contribution in [2.45, 2.75) is 19.9 Å². The van der Waals surface area contributed by atoms with Gasteiger partial charge in [-0.15, -0.1) is 11.6 Å². The summed E-state index contributed by atoms with van der Waals surface area (Å²) in [6, 6.07) is 10.1. The Balaban J connectivity index is 2.10. The van der Waals surface area contributed by atoms with E-state index in [2.05, 4.69) is 44.9 Å². The lowest BCUT2D eigenvalue weighted by atomic mass is 10.2. The third-order valence-electron chi connectivity index (χ3n) is 3.25. The Morgan fingerprint density at radius 2 is 2.15 bits per heavy atom. The Morgan fingerprint density at radius 3 is 2.90 bits per heavy atom. The van der Waals surface area contributed by atoms with Gasteiger partial charge in [0.1, 0.15) is 5.82 Å². The predicted molar refractivity (Wildman–Crippen MR) is 80.0 cm³/mol. The van der Waals surface area contributed by atoms with E-state index in [-0.39, 0.29) is 0 Å². The van der Waals surface area contributed by atoms with Gasteiger partial charge >= 0.3 is 0 Å². The quantitative estimate of drug-likeness (QED) is 0.693. The van der Waals surface area contributed by atoms with Gasteiger partial charge in [0.25, 0.3) is 0 Å². The van der Waals surface area contributed by atoms with Crippen molar-refractivity contribution < 1.29 is 0 Å². The van der Waals surface area contributed by atoms with Crippen LogP contribution in [0.2, 0.25) is 0 Å². The third kappa shape index (κ3) is 2.51. The molecule has 0 unspecified atom stereocenters. The molecule has 0 N–H and O–H groups in total. The summed E-state index contributed by atoms with van der Waals surface area (Å²) >= 11 is 5.89. The zero-order valence-corrected chi connectivity index (χ0v) is 12.0. The van der Waals surface area contributed by atoms with E-state index in [1.165, 1.54) is 5.56 Å². The van der Waals surface area contributed by atoms with E-state index in [4.69, 9.17) is 11.6 Å². The zero-order valence-electron chi connectivity index (χ0n) is 11.3. The Kier molecular flexibility index (Phi) is 3.65. The van der Waals surface area contributed by atoms with Crippen LogP contribution in [0.15, 0.2) is 36.5 Å². The van der Waals surface area contributed by atoms with Gasteiger partial charge in [-0.05, 0) is 36.8 Å². The van der Waals surface area contributed by atoms with E-state index < -0.39 is 0 Å².